The molecule has 0 fully saturated rings. The number of nitrogens with one attached hydrogen (secondary N) is 1. The maximum Gasteiger partial charge on any atom is 0.301 e. The van der Waals surface area contributed by atoms with Crippen LogP contribution in [0.3, 0.4) is 0 Å². The summed E-state index contributed by atoms with van der Waals surface area (Å²) in [6.07, 6.45) is 0.590. The first-order valence-corrected chi connectivity index (χ1v) is 7.54. The predicted octanol–water partition coefficient (Wildman–Crippen LogP) is 0.641. The Bertz CT molecular complexity index is 534. The molecule has 20 heavy (non-hydrogen) atoms. The fourth-order valence-corrected chi connectivity index (χ4v) is 2.51. The van der Waals surface area contributed by atoms with Crippen LogP contribution in [0.1, 0.15) is 6.42 Å². The Kier molecular flexibility index (Phi) is 6.05. The molecule has 0 spiro atoms. The van der Waals surface area contributed by atoms with Crippen LogP contribution in [0.5, 0.6) is 11.5 Å². The van der Waals surface area contributed by atoms with Crippen LogP contribution in [0.15, 0.2) is 18.2 Å². The molecule has 8 heteroatoms. The topological polar surface area (TPSA) is 93.9 Å². The molecule has 0 heterocycles. The van der Waals surface area contributed by atoms with Crippen molar-refractivity contribution < 1.29 is 17.9 Å². The smallest absolute Gasteiger partial charge is 0.301 e. The van der Waals surface area contributed by atoms with Crippen molar-refractivity contribution in [3.63, 3.8) is 0 Å². The summed E-state index contributed by atoms with van der Waals surface area (Å²) in [5.41, 5.74) is 5.70. The summed E-state index contributed by atoms with van der Waals surface area (Å²) < 4.78 is 38.2. The SMILES string of the molecule is COc1ccc(OC)c(NS(=O)(=O)N(C)CCCN)c1. The fourth-order valence-electron chi connectivity index (χ4n) is 1.54. The van der Waals surface area contributed by atoms with Crippen molar-refractivity contribution in [1.82, 2.24) is 4.31 Å². The molecular weight excluding hydrogens is 282 g/mol. The number of anilines is 1. The Morgan fingerprint density at radius 3 is 2.55 bits per heavy atom. The van der Waals surface area contributed by atoms with Gasteiger partial charge in [0.1, 0.15) is 11.5 Å². The first-order valence-electron chi connectivity index (χ1n) is 6.10. The van der Waals surface area contributed by atoms with Gasteiger partial charge in [0.2, 0.25) is 0 Å². The third kappa shape index (κ3) is 4.26. The van der Waals surface area contributed by atoms with Crippen molar-refractivity contribution in [3.05, 3.63) is 18.2 Å². The van der Waals surface area contributed by atoms with Crippen LogP contribution < -0.4 is 19.9 Å². The lowest BCUT2D eigenvalue weighted by Gasteiger charge is -2.19. The van der Waals surface area contributed by atoms with Gasteiger partial charge in [-0.2, -0.15) is 12.7 Å². The van der Waals surface area contributed by atoms with E-state index in [9.17, 15) is 8.42 Å². The molecule has 114 valence electrons. The number of benzene rings is 1. The molecule has 0 bridgehead atoms. The van der Waals surface area contributed by atoms with E-state index in [2.05, 4.69) is 4.72 Å². The maximum atomic E-state index is 12.2. The summed E-state index contributed by atoms with van der Waals surface area (Å²) in [7, 11) is 0.817. The first kappa shape index (κ1) is 16.5. The van der Waals surface area contributed by atoms with Gasteiger partial charge < -0.3 is 15.2 Å². The average Bonchev–Trinajstić information content (AvgIpc) is 2.44. The van der Waals surface area contributed by atoms with E-state index in [-0.39, 0.29) is 0 Å². The van der Waals surface area contributed by atoms with Gasteiger partial charge in [0.05, 0.1) is 19.9 Å². The molecule has 0 aliphatic heterocycles. The Hall–Kier alpha value is -1.51. The lowest BCUT2D eigenvalue weighted by atomic mass is 10.3. The van der Waals surface area contributed by atoms with E-state index in [1.807, 2.05) is 0 Å². The van der Waals surface area contributed by atoms with Crippen molar-refractivity contribution in [1.29, 1.82) is 0 Å². The van der Waals surface area contributed by atoms with E-state index in [0.717, 1.165) is 0 Å². The zero-order valence-corrected chi connectivity index (χ0v) is 12.7. The van der Waals surface area contributed by atoms with Gasteiger partial charge in [0.25, 0.3) is 0 Å². The highest BCUT2D eigenvalue weighted by molar-refractivity contribution is 7.90. The molecule has 0 unspecified atom stereocenters. The second kappa shape index (κ2) is 7.32. The largest absolute Gasteiger partial charge is 0.497 e. The van der Waals surface area contributed by atoms with E-state index in [4.69, 9.17) is 15.2 Å². The maximum absolute atomic E-state index is 12.2. The van der Waals surface area contributed by atoms with E-state index >= 15 is 0 Å². The Morgan fingerprint density at radius 1 is 1.30 bits per heavy atom. The molecule has 7 nitrogen and oxygen atoms in total. The van der Waals surface area contributed by atoms with Crippen molar-refractivity contribution in [3.8, 4) is 11.5 Å². The molecule has 1 aromatic carbocycles. The number of nitrogens with two attached hydrogens (primary N) is 1. The Morgan fingerprint density at radius 2 is 2.00 bits per heavy atom. The second-order valence-electron chi connectivity index (χ2n) is 4.14. The van der Waals surface area contributed by atoms with Gasteiger partial charge in [-0.1, -0.05) is 0 Å². The van der Waals surface area contributed by atoms with Crippen molar-refractivity contribution >= 4 is 15.9 Å². The Labute approximate surface area is 119 Å². The van der Waals surface area contributed by atoms with E-state index in [0.29, 0.717) is 36.7 Å². The van der Waals surface area contributed by atoms with Crippen LogP contribution in [0, 0.1) is 0 Å². The summed E-state index contributed by atoms with van der Waals surface area (Å²) >= 11 is 0. The minimum absolute atomic E-state index is 0.325. The number of methoxy groups -OCH3 is 2. The summed E-state index contributed by atoms with van der Waals surface area (Å²) in [5.74, 6) is 0.953. The van der Waals surface area contributed by atoms with Gasteiger partial charge in [-0.25, -0.2) is 0 Å². The van der Waals surface area contributed by atoms with Crippen LogP contribution >= 0.6 is 0 Å². The van der Waals surface area contributed by atoms with Gasteiger partial charge in [0.15, 0.2) is 0 Å². The van der Waals surface area contributed by atoms with Gasteiger partial charge in [0, 0.05) is 19.7 Å². The van der Waals surface area contributed by atoms with Crippen LogP contribution in [-0.2, 0) is 10.2 Å². The number of rotatable bonds is 8. The van der Waals surface area contributed by atoms with Crippen molar-refractivity contribution in [2.24, 2.45) is 5.73 Å². The van der Waals surface area contributed by atoms with Crippen molar-refractivity contribution in [2.75, 3.05) is 39.1 Å². The van der Waals surface area contributed by atoms with E-state index in [1.54, 1.807) is 18.2 Å². The Balaban J connectivity index is 2.95. The van der Waals surface area contributed by atoms with E-state index in [1.165, 1.54) is 25.6 Å². The average molecular weight is 303 g/mol. The molecule has 0 aliphatic carbocycles. The van der Waals surface area contributed by atoms with Crippen LogP contribution in [0.25, 0.3) is 0 Å². The molecule has 1 aromatic rings. The zero-order valence-electron chi connectivity index (χ0n) is 11.9. The number of hydrogen-bond donors (Lipinski definition) is 2. The quantitative estimate of drug-likeness (QED) is 0.735. The highest BCUT2D eigenvalue weighted by Gasteiger charge is 2.19. The van der Waals surface area contributed by atoms with Gasteiger partial charge in [-0.15, -0.1) is 0 Å². The summed E-state index contributed by atoms with van der Waals surface area (Å²) in [6.45, 7) is 0.778. The van der Waals surface area contributed by atoms with E-state index < -0.39 is 10.2 Å². The number of nitrogens with zero attached hydrogens (tertiary/aromatic N) is 1. The second-order valence-corrected chi connectivity index (χ2v) is 5.91. The molecule has 0 saturated heterocycles. The van der Waals surface area contributed by atoms with Crippen LogP contribution in [-0.4, -0.2) is 47.1 Å². The standard InChI is InChI=1S/C12H21N3O4S/c1-15(8-4-7-13)20(16,17)14-11-9-10(18-2)5-6-12(11)19-3/h5-6,9,14H,4,7-8,13H2,1-3H3. The minimum atomic E-state index is -3.65. The highest BCUT2D eigenvalue weighted by atomic mass is 32.2. The molecular formula is C12H21N3O4S. The zero-order chi connectivity index (χ0) is 15.2. The molecule has 0 aromatic heterocycles. The van der Waals surface area contributed by atoms with Crippen LogP contribution in [0.2, 0.25) is 0 Å². The number of hydrogen-bond acceptors (Lipinski definition) is 5. The first-order chi connectivity index (χ1) is 9.44. The lowest BCUT2D eigenvalue weighted by Crippen LogP contribution is -2.34. The van der Waals surface area contributed by atoms with Gasteiger partial charge in [-0.3, -0.25) is 4.72 Å². The molecule has 0 aliphatic rings. The molecule has 0 saturated carbocycles. The van der Waals surface area contributed by atoms with Crippen molar-refractivity contribution in [2.45, 2.75) is 6.42 Å². The normalized spacial score (nSPS) is 11.4. The molecule has 0 amide bonds. The third-order valence-electron chi connectivity index (χ3n) is 2.73. The predicted molar refractivity (Wildman–Crippen MR) is 78.4 cm³/mol. The molecule has 0 radical (unpaired) electrons. The molecule has 0 atom stereocenters. The lowest BCUT2D eigenvalue weighted by molar-refractivity contribution is 0.404. The highest BCUT2D eigenvalue weighted by Crippen LogP contribution is 2.29. The molecule has 3 N–H and O–H groups in total. The van der Waals surface area contributed by atoms with Gasteiger partial charge in [-0.05, 0) is 25.1 Å². The summed E-state index contributed by atoms with van der Waals surface area (Å²) in [4.78, 5) is 0. The van der Waals surface area contributed by atoms with Crippen LogP contribution in [0.4, 0.5) is 5.69 Å². The molecule has 1 rings (SSSR count). The fraction of sp³-hybridized carbons (Fsp3) is 0.500. The number of ether oxygens (including phenoxy) is 2. The third-order valence-corrected chi connectivity index (χ3v) is 4.21. The summed E-state index contributed by atoms with van der Waals surface area (Å²) in [6, 6.07) is 4.89. The minimum Gasteiger partial charge on any atom is -0.497 e. The monoisotopic (exact) mass is 303 g/mol. The van der Waals surface area contributed by atoms with Gasteiger partial charge >= 0.3 is 10.2 Å². The summed E-state index contributed by atoms with van der Waals surface area (Å²) in [5, 5.41) is 0.